The van der Waals surface area contributed by atoms with Gasteiger partial charge in [0.15, 0.2) is 5.69 Å². The topological polar surface area (TPSA) is 78.0 Å². The number of primary sulfonamides is 1. The van der Waals surface area contributed by atoms with Crippen molar-refractivity contribution in [2.24, 2.45) is 5.14 Å². The molecule has 0 amide bonds. The second-order valence-electron chi connectivity index (χ2n) is 6.06. The van der Waals surface area contributed by atoms with Crippen molar-refractivity contribution in [2.75, 3.05) is 0 Å². The molecular formula is C17H10F7N3O2S. The maximum atomic E-state index is 14.2. The van der Waals surface area contributed by atoms with E-state index >= 15 is 0 Å². The number of halogens is 7. The van der Waals surface area contributed by atoms with Crippen LogP contribution in [0.3, 0.4) is 0 Å². The lowest BCUT2D eigenvalue weighted by molar-refractivity contribution is -0.141. The van der Waals surface area contributed by atoms with Crippen LogP contribution in [-0.4, -0.2) is 18.2 Å². The molecule has 30 heavy (non-hydrogen) atoms. The van der Waals surface area contributed by atoms with Gasteiger partial charge < -0.3 is 0 Å². The molecule has 3 aromatic rings. The summed E-state index contributed by atoms with van der Waals surface area (Å²) >= 11 is 0. The molecule has 0 unspecified atom stereocenters. The van der Waals surface area contributed by atoms with Crippen LogP contribution in [0.5, 0.6) is 0 Å². The number of hydrogen-bond acceptors (Lipinski definition) is 3. The first-order valence-electron chi connectivity index (χ1n) is 7.85. The maximum absolute atomic E-state index is 14.2. The maximum Gasteiger partial charge on any atom is 0.435 e. The van der Waals surface area contributed by atoms with Crippen molar-refractivity contribution in [2.45, 2.75) is 17.2 Å². The van der Waals surface area contributed by atoms with Gasteiger partial charge in [0.1, 0.15) is 10.7 Å². The summed E-state index contributed by atoms with van der Waals surface area (Å²) in [5, 5.41) is 8.22. The molecule has 0 aliphatic rings. The Hall–Kier alpha value is -2.93. The predicted octanol–water partition coefficient (Wildman–Crippen LogP) is 4.36. The summed E-state index contributed by atoms with van der Waals surface area (Å²) in [7, 11) is -4.42. The number of benzene rings is 2. The minimum absolute atomic E-state index is 0.163. The Bertz CT molecular complexity index is 1200. The molecule has 0 radical (unpaired) electrons. The van der Waals surface area contributed by atoms with Crippen LogP contribution in [0.2, 0.25) is 0 Å². The average Bonchev–Trinajstić information content (AvgIpc) is 3.05. The van der Waals surface area contributed by atoms with Gasteiger partial charge in [-0.25, -0.2) is 22.6 Å². The van der Waals surface area contributed by atoms with Crippen LogP contribution < -0.4 is 5.14 Å². The first kappa shape index (κ1) is 21.8. The molecule has 2 N–H and O–H groups in total. The Kier molecular flexibility index (Phi) is 5.15. The molecule has 0 saturated carbocycles. The van der Waals surface area contributed by atoms with Crippen molar-refractivity contribution in [3.63, 3.8) is 0 Å². The third kappa shape index (κ3) is 4.31. The minimum Gasteiger partial charge on any atom is -0.233 e. The Morgan fingerprint density at radius 1 is 0.867 bits per heavy atom. The fourth-order valence-corrected chi connectivity index (χ4v) is 3.19. The molecule has 1 heterocycles. The van der Waals surface area contributed by atoms with Crippen LogP contribution in [0.1, 0.15) is 11.3 Å². The second kappa shape index (κ2) is 7.09. The lowest BCUT2D eigenvalue weighted by Gasteiger charge is -2.11. The molecule has 0 atom stereocenters. The number of rotatable bonds is 3. The van der Waals surface area contributed by atoms with Gasteiger partial charge in [0, 0.05) is 5.56 Å². The SMILES string of the molecule is NS(=O)(=O)c1ccc(-c2cc(C(F)(F)F)nn2-c2ccc(C(F)(F)F)cc2)cc1F. The molecule has 1 aromatic heterocycles. The summed E-state index contributed by atoms with van der Waals surface area (Å²) in [5.74, 6) is -1.32. The third-order valence-electron chi connectivity index (χ3n) is 3.97. The largest absolute Gasteiger partial charge is 0.435 e. The number of alkyl halides is 6. The quantitative estimate of drug-likeness (QED) is 0.599. The number of sulfonamides is 1. The standard InChI is InChI=1S/C17H10F7N3O2S/c18-12-7-9(1-6-14(12)30(25,28)29)13-8-15(17(22,23)24)26-27(13)11-4-2-10(3-5-11)16(19,20)21/h1-8H,(H2,25,28,29). The number of nitrogens with zero attached hydrogens (tertiary/aromatic N) is 2. The molecule has 160 valence electrons. The lowest BCUT2D eigenvalue weighted by atomic mass is 10.1. The van der Waals surface area contributed by atoms with Crippen molar-refractivity contribution >= 4 is 10.0 Å². The average molecular weight is 453 g/mol. The molecule has 2 aromatic carbocycles. The summed E-state index contributed by atoms with van der Waals surface area (Å²) in [6.07, 6.45) is -9.56. The monoisotopic (exact) mass is 453 g/mol. The van der Waals surface area contributed by atoms with Gasteiger partial charge in [-0.05, 0) is 42.5 Å². The van der Waals surface area contributed by atoms with E-state index in [1.54, 1.807) is 0 Å². The first-order valence-corrected chi connectivity index (χ1v) is 9.40. The van der Waals surface area contributed by atoms with Gasteiger partial charge in [-0.15, -0.1) is 0 Å². The fourth-order valence-electron chi connectivity index (χ4n) is 2.60. The Labute approximate surface area is 164 Å². The van der Waals surface area contributed by atoms with Crippen molar-refractivity contribution in [3.05, 3.63) is 65.6 Å². The highest BCUT2D eigenvalue weighted by Crippen LogP contribution is 2.35. The Morgan fingerprint density at radius 2 is 1.47 bits per heavy atom. The van der Waals surface area contributed by atoms with E-state index in [0.717, 1.165) is 24.3 Å². The van der Waals surface area contributed by atoms with Gasteiger partial charge in [-0.2, -0.15) is 31.4 Å². The molecule has 0 saturated heterocycles. The molecule has 0 aliphatic carbocycles. The summed E-state index contributed by atoms with van der Waals surface area (Å²) in [6.45, 7) is 0. The van der Waals surface area contributed by atoms with Gasteiger partial charge in [-0.1, -0.05) is 6.07 Å². The van der Waals surface area contributed by atoms with E-state index in [1.165, 1.54) is 0 Å². The molecule has 0 fully saturated rings. The van der Waals surface area contributed by atoms with Gasteiger partial charge >= 0.3 is 12.4 Å². The van der Waals surface area contributed by atoms with E-state index in [-0.39, 0.29) is 16.9 Å². The lowest BCUT2D eigenvalue weighted by Crippen LogP contribution is -2.14. The van der Waals surface area contributed by atoms with E-state index in [1.807, 2.05) is 0 Å². The van der Waals surface area contributed by atoms with E-state index in [2.05, 4.69) is 5.10 Å². The zero-order valence-electron chi connectivity index (χ0n) is 14.5. The molecule has 0 bridgehead atoms. The van der Waals surface area contributed by atoms with E-state index < -0.39 is 44.3 Å². The van der Waals surface area contributed by atoms with E-state index in [9.17, 15) is 39.2 Å². The van der Waals surface area contributed by atoms with Gasteiger partial charge in [0.05, 0.1) is 16.9 Å². The second-order valence-corrected chi connectivity index (χ2v) is 7.59. The Morgan fingerprint density at radius 3 is 1.93 bits per heavy atom. The van der Waals surface area contributed by atoms with Crippen LogP contribution in [0.25, 0.3) is 16.9 Å². The molecule has 0 aliphatic heterocycles. The van der Waals surface area contributed by atoms with Crippen LogP contribution in [0.15, 0.2) is 53.4 Å². The van der Waals surface area contributed by atoms with Crippen molar-refractivity contribution in [1.29, 1.82) is 0 Å². The van der Waals surface area contributed by atoms with E-state index in [0.29, 0.717) is 28.9 Å². The summed E-state index contributed by atoms with van der Waals surface area (Å²) in [4.78, 5) is -0.872. The molecule has 0 spiro atoms. The van der Waals surface area contributed by atoms with Crippen LogP contribution in [0, 0.1) is 5.82 Å². The van der Waals surface area contributed by atoms with Crippen LogP contribution >= 0.6 is 0 Å². The number of hydrogen-bond donors (Lipinski definition) is 1. The number of aromatic nitrogens is 2. The summed E-state index contributed by atoms with van der Waals surface area (Å²) < 4.78 is 115. The normalized spacial score (nSPS) is 12.9. The predicted molar refractivity (Wildman–Crippen MR) is 90.3 cm³/mol. The molecule has 13 heteroatoms. The summed E-state index contributed by atoms with van der Waals surface area (Å²) in [6, 6.07) is 6.05. The van der Waals surface area contributed by atoms with Crippen molar-refractivity contribution in [1.82, 2.24) is 9.78 Å². The van der Waals surface area contributed by atoms with Crippen LogP contribution in [0.4, 0.5) is 30.7 Å². The molecule has 5 nitrogen and oxygen atoms in total. The molecule has 3 rings (SSSR count). The summed E-state index contributed by atoms with van der Waals surface area (Å²) in [5.41, 5.74) is -3.11. The highest BCUT2D eigenvalue weighted by molar-refractivity contribution is 7.89. The number of nitrogens with two attached hydrogens (primary N) is 1. The van der Waals surface area contributed by atoms with Crippen LogP contribution in [-0.2, 0) is 22.4 Å². The van der Waals surface area contributed by atoms with Gasteiger partial charge in [-0.3, -0.25) is 0 Å². The van der Waals surface area contributed by atoms with Gasteiger partial charge in [0.2, 0.25) is 10.0 Å². The Balaban J connectivity index is 2.18. The van der Waals surface area contributed by atoms with Gasteiger partial charge in [0.25, 0.3) is 0 Å². The highest BCUT2D eigenvalue weighted by atomic mass is 32.2. The zero-order valence-corrected chi connectivity index (χ0v) is 15.3. The highest BCUT2D eigenvalue weighted by Gasteiger charge is 2.36. The fraction of sp³-hybridized carbons (Fsp3) is 0.118. The molecular weight excluding hydrogens is 443 g/mol. The smallest absolute Gasteiger partial charge is 0.233 e. The van der Waals surface area contributed by atoms with Crippen molar-refractivity contribution < 1.29 is 39.2 Å². The zero-order chi connectivity index (χ0) is 22.5. The van der Waals surface area contributed by atoms with E-state index in [4.69, 9.17) is 5.14 Å². The van der Waals surface area contributed by atoms with Crippen molar-refractivity contribution in [3.8, 4) is 16.9 Å². The third-order valence-corrected chi connectivity index (χ3v) is 4.92. The first-order chi connectivity index (χ1) is 13.7. The minimum atomic E-state index is -4.90.